The van der Waals surface area contributed by atoms with Crippen molar-refractivity contribution in [2.45, 2.75) is 36.6 Å². The summed E-state index contributed by atoms with van der Waals surface area (Å²) in [6.45, 7) is 0. The van der Waals surface area contributed by atoms with Gasteiger partial charge in [-0.3, -0.25) is 10.1 Å². The van der Waals surface area contributed by atoms with Crippen molar-refractivity contribution in [3.8, 4) is 0 Å². The molecule has 1 aliphatic rings. The lowest BCUT2D eigenvalue weighted by molar-refractivity contribution is -0.387. The first-order valence-electron chi connectivity index (χ1n) is 6.16. The van der Waals surface area contributed by atoms with Crippen LogP contribution in [0, 0.1) is 10.1 Å². The molecule has 1 aliphatic carbocycles. The molecule has 0 N–H and O–H groups in total. The molecule has 1 aromatic rings. The van der Waals surface area contributed by atoms with Crippen LogP contribution in [0.4, 0.5) is 5.69 Å². The molecule has 0 heterocycles. The number of para-hydroxylation sites is 1. The Hall–Kier alpha value is -1.47. The monoisotopic (exact) mass is 284 g/mol. The summed E-state index contributed by atoms with van der Waals surface area (Å²) in [5, 5.41) is 10.9. The highest BCUT2D eigenvalue weighted by Gasteiger charge is 2.34. The van der Waals surface area contributed by atoms with E-state index in [9.17, 15) is 18.5 Å². The molecular formula is C12H16N2O4S. The standard InChI is InChI=1S/C12H16N2O4S/c1-13(10-6-2-3-7-10)19(17,18)12-9-5-4-8-11(12)14(15)16/h4-5,8-10H,2-3,6-7H2,1H3. The van der Waals surface area contributed by atoms with Crippen LogP contribution in [0.3, 0.4) is 0 Å². The van der Waals surface area contributed by atoms with E-state index in [-0.39, 0.29) is 16.6 Å². The molecule has 0 atom stereocenters. The highest BCUT2D eigenvalue weighted by molar-refractivity contribution is 7.89. The molecular weight excluding hydrogens is 268 g/mol. The average molecular weight is 284 g/mol. The molecule has 6 nitrogen and oxygen atoms in total. The van der Waals surface area contributed by atoms with Gasteiger partial charge in [0.1, 0.15) is 0 Å². The fourth-order valence-electron chi connectivity index (χ4n) is 2.45. The Labute approximate surface area is 112 Å². The topological polar surface area (TPSA) is 80.5 Å². The Bertz CT molecular complexity index is 579. The summed E-state index contributed by atoms with van der Waals surface area (Å²) in [5.41, 5.74) is -0.368. The van der Waals surface area contributed by atoms with Gasteiger partial charge in [-0.25, -0.2) is 8.42 Å². The van der Waals surface area contributed by atoms with E-state index in [1.807, 2.05) is 0 Å². The van der Waals surface area contributed by atoms with Crippen molar-refractivity contribution in [1.82, 2.24) is 4.31 Å². The molecule has 0 aromatic heterocycles. The number of hydrogen-bond donors (Lipinski definition) is 0. The van der Waals surface area contributed by atoms with E-state index >= 15 is 0 Å². The van der Waals surface area contributed by atoms with Crippen molar-refractivity contribution in [1.29, 1.82) is 0 Å². The largest absolute Gasteiger partial charge is 0.289 e. The van der Waals surface area contributed by atoms with Crippen molar-refractivity contribution < 1.29 is 13.3 Å². The van der Waals surface area contributed by atoms with E-state index in [1.54, 1.807) is 0 Å². The summed E-state index contributed by atoms with van der Waals surface area (Å²) < 4.78 is 26.2. The van der Waals surface area contributed by atoms with Crippen LogP contribution in [0.1, 0.15) is 25.7 Å². The summed E-state index contributed by atoms with van der Waals surface area (Å²) in [6, 6.07) is 5.42. The maximum absolute atomic E-state index is 12.5. The van der Waals surface area contributed by atoms with Crippen LogP contribution in [-0.4, -0.2) is 30.7 Å². The molecule has 0 aliphatic heterocycles. The Morgan fingerprint density at radius 3 is 2.42 bits per heavy atom. The highest BCUT2D eigenvalue weighted by atomic mass is 32.2. The van der Waals surface area contributed by atoms with Crippen LogP contribution < -0.4 is 0 Å². The Morgan fingerprint density at radius 1 is 1.26 bits per heavy atom. The van der Waals surface area contributed by atoms with Crippen molar-refractivity contribution in [2.75, 3.05) is 7.05 Å². The molecule has 1 saturated carbocycles. The van der Waals surface area contributed by atoms with Gasteiger partial charge in [-0.2, -0.15) is 4.31 Å². The summed E-state index contributed by atoms with van der Waals surface area (Å²) in [7, 11) is -2.30. The van der Waals surface area contributed by atoms with Crippen molar-refractivity contribution in [3.05, 3.63) is 34.4 Å². The second kappa shape index (κ2) is 5.26. The molecule has 0 spiro atoms. The van der Waals surface area contributed by atoms with Gasteiger partial charge < -0.3 is 0 Å². The van der Waals surface area contributed by atoms with Gasteiger partial charge in [0.25, 0.3) is 5.69 Å². The number of hydrogen-bond acceptors (Lipinski definition) is 4. The maximum Gasteiger partial charge on any atom is 0.289 e. The van der Waals surface area contributed by atoms with E-state index in [2.05, 4.69) is 0 Å². The van der Waals surface area contributed by atoms with Gasteiger partial charge in [0.15, 0.2) is 4.90 Å². The van der Waals surface area contributed by atoms with Gasteiger partial charge in [0, 0.05) is 19.2 Å². The van der Waals surface area contributed by atoms with Crippen molar-refractivity contribution in [2.24, 2.45) is 0 Å². The molecule has 104 valence electrons. The van der Waals surface area contributed by atoms with Gasteiger partial charge in [-0.1, -0.05) is 25.0 Å². The zero-order valence-electron chi connectivity index (χ0n) is 10.7. The summed E-state index contributed by atoms with van der Waals surface area (Å²) in [5.74, 6) is 0. The molecule has 0 unspecified atom stereocenters. The van der Waals surface area contributed by atoms with Crippen LogP contribution in [0.2, 0.25) is 0 Å². The van der Waals surface area contributed by atoms with Crippen molar-refractivity contribution in [3.63, 3.8) is 0 Å². The van der Waals surface area contributed by atoms with Gasteiger partial charge in [0.05, 0.1) is 4.92 Å². The molecule has 0 amide bonds. The van der Waals surface area contributed by atoms with Gasteiger partial charge in [-0.05, 0) is 18.9 Å². The normalized spacial score (nSPS) is 16.9. The maximum atomic E-state index is 12.5. The predicted octanol–water partition coefficient (Wildman–Crippen LogP) is 2.16. The quantitative estimate of drug-likeness (QED) is 0.626. The first-order chi connectivity index (χ1) is 8.94. The molecule has 0 radical (unpaired) electrons. The summed E-state index contributed by atoms with van der Waals surface area (Å²) in [4.78, 5) is 10.1. The Kier molecular flexibility index (Phi) is 3.86. The lowest BCUT2D eigenvalue weighted by atomic mass is 10.3. The zero-order chi connectivity index (χ0) is 14.0. The van der Waals surface area contributed by atoms with Crippen LogP contribution in [0.5, 0.6) is 0 Å². The van der Waals surface area contributed by atoms with E-state index in [4.69, 9.17) is 0 Å². The number of sulfonamides is 1. The van der Waals surface area contributed by atoms with E-state index in [1.165, 1.54) is 35.6 Å². The van der Waals surface area contributed by atoms with Crippen LogP contribution in [-0.2, 0) is 10.0 Å². The van der Waals surface area contributed by atoms with Crippen LogP contribution >= 0.6 is 0 Å². The third-order valence-corrected chi connectivity index (χ3v) is 5.52. The molecule has 0 saturated heterocycles. The number of nitro benzene ring substituents is 1. The second-order valence-corrected chi connectivity index (χ2v) is 6.65. The van der Waals surface area contributed by atoms with Crippen LogP contribution in [0.15, 0.2) is 29.2 Å². The van der Waals surface area contributed by atoms with Gasteiger partial charge in [-0.15, -0.1) is 0 Å². The first-order valence-corrected chi connectivity index (χ1v) is 7.60. The van der Waals surface area contributed by atoms with E-state index in [0.29, 0.717) is 0 Å². The van der Waals surface area contributed by atoms with Gasteiger partial charge >= 0.3 is 0 Å². The zero-order valence-corrected chi connectivity index (χ0v) is 11.5. The number of benzene rings is 1. The smallest absolute Gasteiger partial charge is 0.258 e. The molecule has 1 fully saturated rings. The SMILES string of the molecule is CN(C1CCCC1)S(=O)(=O)c1ccccc1[N+](=O)[O-]. The lowest BCUT2D eigenvalue weighted by Crippen LogP contribution is -2.35. The minimum Gasteiger partial charge on any atom is -0.258 e. The first kappa shape index (κ1) is 14.0. The average Bonchev–Trinajstić information content (AvgIpc) is 2.91. The minimum atomic E-state index is -3.81. The lowest BCUT2D eigenvalue weighted by Gasteiger charge is -2.23. The van der Waals surface area contributed by atoms with E-state index < -0.39 is 14.9 Å². The predicted molar refractivity (Wildman–Crippen MR) is 70.3 cm³/mol. The number of rotatable bonds is 4. The van der Waals surface area contributed by atoms with Crippen molar-refractivity contribution >= 4 is 15.7 Å². The molecule has 7 heteroatoms. The van der Waals surface area contributed by atoms with E-state index in [0.717, 1.165) is 25.7 Å². The Morgan fingerprint density at radius 2 is 1.84 bits per heavy atom. The molecule has 1 aromatic carbocycles. The molecule has 19 heavy (non-hydrogen) atoms. The van der Waals surface area contributed by atoms with Gasteiger partial charge in [0.2, 0.25) is 10.0 Å². The third-order valence-electron chi connectivity index (χ3n) is 3.56. The third kappa shape index (κ3) is 2.62. The minimum absolute atomic E-state index is 0.0511. The molecule has 0 bridgehead atoms. The number of nitro groups is 1. The molecule has 2 rings (SSSR count). The highest BCUT2D eigenvalue weighted by Crippen LogP contribution is 2.30. The van der Waals surface area contributed by atoms with Crippen LogP contribution in [0.25, 0.3) is 0 Å². The fraction of sp³-hybridized carbons (Fsp3) is 0.500. The summed E-state index contributed by atoms with van der Waals surface area (Å²) in [6.07, 6.45) is 3.63. The summed E-state index contributed by atoms with van der Waals surface area (Å²) >= 11 is 0. The number of nitrogens with zero attached hydrogens (tertiary/aromatic N) is 2. The fourth-order valence-corrected chi connectivity index (χ4v) is 4.02. The second-order valence-electron chi connectivity index (χ2n) is 4.68. The Balaban J connectivity index is 2.41.